The second-order valence-electron chi connectivity index (χ2n) is 4.07. The van der Waals surface area contributed by atoms with Crippen molar-refractivity contribution in [3.63, 3.8) is 0 Å². The molecule has 110 valence electrons. The van der Waals surface area contributed by atoms with Crippen LogP contribution in [0.5, 0.6) is 0 Å². The molecule has 0 aliphatic heterocycles. The highest BCUT2D eigenvalue weighted by atomic mass is 35.5. The Hall–Kier alpha value is -1.76. The van der Waals surface area contributed by atoms with E-state index in [9.17, 15) is 13.2 Å². The molecule has 0 amide bonds. The van der Waals surface area contributed by atoms with E-state index in [1.54, 1.807) is 0 Å². The molecule has 5 nitrogen and oxygen atoms in total. The van der Waals surface area contributed by atoms with E-state index in [0.717, 1.165) is 0 Å². The number of hydrogen-bond acceptors (Lipinski definition) is 3. The summed E-state index contributed by atoms with van der Waals surface area (Å²) in [4.78, 5) is 10.7. The first-order valence-corrected chi connectivity index (χ1v) is 7.85. The van der Waals surface area contributed by atoms with E-state index >= 15 is 0 Å². The predicted octanol–water partition coefficient (Wildman–Crippen LogP) is 3.49. The van der Waals surface area contributed by atoms with Gasteiger partial charge in [0.15, 0.2) is 0 Å². The van der Waals surface area contributed by atoms with Gasteiger partial charge in [-0.1, -0.05) is 29.3 Å². The Morgan fingerprint density at radius 3 is 2.43 bits per heavy atom. The number of halogens is 2. The summed E-state index contributed by atoms with van der Waals surface area (Å²) in [6.07, 6.45) is 0. The summed E-state index contributed by atoms with van der Waals surface area (Å²) in [7, 11) is -3.94. The minimum atomic E-state index is -3.94. The fourth-order valence-corrected chi connectivity index (χ4v) is 3.44. The van der Waals surface area contributed by atoms with Gasteiger partial charge in [-0.2, -0.15) is 0 Å². The van der Waals surface area contributed by atoms with Crippen LogP contribution in [-0.2, 0) is 10.0 Å². The number of carboxylic acid groups (broad SMARTS) is 1. The number of rotatable bonds is 4. The van der Waals surface area contributed by atoms with E-state index in [0.29, 0.717) is 5.02 Å². The second-order valence-corrected chi connectivity index (χ2v) is 6.56. The molecule has 21 heavy (non-hydrogen) atoms. The smallest absolute Gasteiger partial charge is 0.335 e. The molecule has 0 fully saturated rings. The van der Waals surface area contributed by atoms with Gasteiger partial charge in [0, 0.05) is 10.7 Å². The lowest BCUT2D eigenvalue weighted by Crippen LogP contribution is -2.13. The van der Waals surface area contributed by atoms with Gasteiger partial charge in [0.25, 0.3) is 10.0 Å². The summed E-state index contributed by atoms with van der Waals surface area (Å²) in [5.74, 6) is -1.15. The lowest BCUT2D eigenvalue weighted by atomic mass is 10.2. The van der Waals surface area contributed by atoms with Gasteiger partial charge >= 0.3 is 5.97 Å². The molecule has 0 atom stereocenters. The van der Waals surface area contributed by atoms with Crippen molar-refractivity contribution in [1.82, 2.24) is 0 Å². The number of nitrogens with one attached hydrogen (secondary N) is 1. The second kappa shape index (κ2) is 5.93. The maximum absolute atomic E-state index is 12.2. The molecule has 0 aliphatic carbocycles. The number of sulfonamides is 1. The van der Waals surface area contributed by atoms with Crippen LogP contribution >= 0.6 is 23.2 Å². The zero-order valence-corrected chi connectivity index (χ0v) is 12.7. The van der Waals surface area contributed by atoms with Crippen LogP contribution in [0.25, 0.3) is 0 Å². The zero-order valence-electron chi connectivity index (χ0n) is 10.4. The minimum Gasteiger partial charge on any atom is -0.478 e. The first-order valence-electron chi connectivity index (χ1n) is 5.61. The fourth-order valence-electron chi connectivity index (χ4n) is 1.62. The van der Waals surface area contributed by atoms with Crippen LogP contribution in [0.1, 0.15) is 10.4 Å². The van der Waals surface area contributed by atoms with Crippen molar-refractivity contribution in [2.24, 2.45) is 0 Å². The summed E-state index contributed by atoms with van der Waals surface area (Å²) in [6, 6.07) is 9.42. The first-order chi connectivity index (χ1) is 9.79. The molecule has 0 bridgehead atoms. The van der Waals surface area contributed by atoms with Crippen LogP contribution in [0.2, 0.25) is 10.0 Å². The molecule has 2 N–H and O–H groups in total. The molecule has 2 aromatic rings. The van der Waals surface area contributed by atoms with Gasteiger partial charge in [-0.15, -0.1) is 0 Å². The highest BCUT2D eigenvalue weighted by molar-refractivity contribution is 7.92. The number of carboxylic acids is 1. The van der Waals surface area contributed by atoms with E-state index in [2.05, 4.69) is 4.72 Å². The van der Waals surface area contributed by atoms with Gasteiger partial charge in [0.1, 0.15) is 4.90 Å². The molecular weight excluding hydrogens is 337 g/mol. The Kier molecular flexibility index (Phi) is 4.41. The summed E-state index contributed by atoms with van der Waals surface area (Å²) in [5, 5.41) is 9.17. The van der Waals surface area contributed by atoms with Crippen LogP contribution in [0, 0.1) is 0 Å². The molecule has 0 aromatic heterocycles. The van der Waals surface area contributed by atoms with Crippen LogP contribution in [0.15, 0.2) is 47.4 Å². The molecule has 0 unspecified atom stereocenters. The largest absolute Gasteiger partial charge is 0.478 e. The van der Waals surface area contributed by atoms with Crippen molar-refractivity contribution in [3.8, 4) is 0 Å². The molecular formula is C13H9Cl2NO4S. The van der Waals surface area contributed by atoms with Crippen LogP contribution < -0.4 is 4.72 Å². The SMILES string of the molecule is O=C(O)c1cccc(NS(=O)(=O)c2ccc(Cl)cc2Cl)c1. The lowest BCUT2D eigenvalue weighted by Gasteiger charge is -2.10. The van der Waals surface area contributed by atoms with Gasteiger partial charge in [0.2, 0.25) is 0 Å². The van der Waals surface area contributed by atoms with Gasteiger partial charge in [0.05, 0.1) is 10.6 Å². The Balaban J connectivity index is 2.37. The third kappa shape index (κ3) is 3.66. The van der Waals surface area contributed by atoms with Crippen molar-refractivity contribution < 1.29 is 18.3 Å². The van der Waals surface area contributed by atoms with Gasteiger partial charge in [-0.25, -0.2) is 13.2 Å². The molecule has 0 saturated heterocycles. The van der Waals surface area contributed by atoms with Crippen LogP contribution in [0.3, 0.4) is 0 Å². The van der Waals surface area contributed by atoms with E-state index < -0.39 is 16.0 Å². The third-order valence-electron chi connectivity index (χ3n) is 2.55. The van der Waals surface area contributed by atoms with Crippen LogP contribution in [0.4, 0.5) is 5.69 Å². The van der Waals surface area contributed by atoms with Crippen molar-refractivity contribution in [2.75, 3.05) is 4.72 Å². The molecule has 2 aromatic carbocycles. The summed E-state index contributed by atoms with van der Waals surface area (Å²) in [5.41, 5.74) is 0.0957. The molecule has 0 spiro atoms. The standard InChI is InChI=1S/C13H9Cl2NO4S/c14-9-4-5-12(11(15)7-9)21(19,20)16-10-3-1-2-8(6-10)13(17)18/h1-7,16H,(H,17,18). The molecule has 8 heteroatoms. The average Bonchev–Trinajstić information content (AvgIpc) is 2.37. The highest BCUT2D eigenvalue weighted by Gasteiger charge is 2.18. The van der Waals surface area contributed by atoms with Gasteiger partial charge in [-0.05, 0) is 36.4 Å². The summed E-state index contributed by atoms with van der Waals surface area (Å²) in [6.45, 7) is 0. The normalized spacial score (nSPS) is 11.1. The number of carbonyl (C=O) groups is 1. The highest BCUT2D eigenvalue weighted by Crippen LogP contribution is 2.26. The number of aromatic carboxylic acids is 1. The summed E-state index contributed by atoms with van der Waals surface area (Å²) < 4.78 is 26.7. The maximum Gasteiger partial charge on any atom is 0.335 e. The molecule has 2 rings (SSSR count). The fraction of sp³-hybridized carbons (Fsp3) is 0. The van der Waals surface area contributed by atoms with Crippen LogP contribution in [-0.4, -0.2) is 19.5 Å². The lowest BCUT2D eigenvalue weighted by molar-refractivity contribution is 0.0697. The first kappa shape index (κ1) is 15.6. The Labute approximate surface area is 131 Å². The molecule has 0 aliphatic rings. The van der Waals surface area contributed by atoms with E-state index in [4.69, 9.17) is 28.3 Å². The number of hydrogen-bond donors (Lipinski definition) is 2. The van der Waals surface area contributed by atoms with Gasteiger partial charge in [-0.3, -0.25) is 4.72 Å². The van der Waals surface area contributed by atoms with Crippen molar-refractivity contribution in [1.29, 1.82) is 0 Å². The quantitative estimate of drug-likeness (QED) is 0.888. The van der Waals surface area contributed by atoms with Crippen molar-refractivity contribution >= 4 is 44.9 Å². The van der Waals surface area contributed by atoms with Gasteiger partial charge < -0.3 is 5.11 Å². The average molecular weight is 346 g/mol. The Morgan fingerprint density at radius 2 is 1.81 bits per heavy atom. The summed E-state index contributed by atoms with van der Waals surface area (Å²) >= 11 is 11.6. The van der Waals surface area contributed by atoms with Crippen molar-refractivity contribution in [3.05, 3.63) is 58.1 Å². The van der Waals surface area contributed by atoms with E-state index in [1.807, 2.05) is 0 Å². The maximum atomic E-state index is 12.2. The van der Waals surface area contributed by atoms with E-state index in [1.165, 1.54) is 42.5 Å². The van der Waals surface area contributed by atoms with E-state index in [-0.39, 0.29) is 21.2 Å². The Morgan fingerprint density at radius 1 is 1.10 bits per heavy atom. The monoisotopic (exact) mass is 345 g/mol. The topological polar surface area (TPSA) is 83.5 Å². The minimum absolute atomic E-state index is 0.0237. The number of benzene rings is 2. The number of anilines is 1. The zero-order chi connectivity index (χ0) is 15.6. The third-order valence-corrected chi connectivity index (χ3v) is 4.64. The Bertz CT molecular complexity index is 806. The molecule has 0 saturated carbocycles. The molecule has 0 heterocycles. The molecule has 0 radical (unpaired) electrons. The van der Waals surface area contributed by atoms with Crippen molar-refractivity contribution in [2.45, 2.75) is 4.90 Å². The predicted molar refractivity (Wildman–Crippen MR) is 80.7 cm³/mol.